The zero-order valence-electron chi connectivity index (χ0n) is 19.7. The fourth-order valence-electron chi connectivity index (χ4n) is 3.37. The smallest absolute Gasteiger partial charge is 0.283 e. The number of ketones is 1. The lowest BCUT2D eigenvalue weighted by Gasteiger charge is -2.18. The molecule has 0 aliphatic rings. The summed E-state index contributed by atoms with van der Waals surface area (Å²) >= 11 is 1.30. The summed E-state index contributed by atoms with van der Waals surface area (Å²) in [6.45, 7) is 6.22. The Morgan fingerprint density at radius 3 is 2.20 bits per heavy atom. The number of nitro groups is 1. The number of allylic oxidation sites excluding steroid dienone is 1. The molecule has 0 spiro atoms. The molecule has 3 rings (SSSR count). The molecule has 0 unspecified atom stereocenters. The van der Waals surface area contributed by atoms with Crippen molar-refractivity contribution >= 4 is 39.3 Å². The van der Waals surface area contributed by atoms with Crippen LogP contribution in [0.2, 0.25) is 0 Å². The van der Waals surface area contributed by atoms with Crippen LogP contribution in [0.5, 0.6) is 0 Å². The van der Waals surface area contributed by atoms with Crippen molar-refractivity contribution in [3.05, 3.63) is 99.6 Å². The van der Waals surface area contributed by atoms with Gasteiger partial charge in [0.15, 0.2) is 5.78 Å². The first kappa shape index (κ1) is 26.3. The van der Waals surface area contributed by atoms with E-state index in [-0.39, 0.29) is 16.4 Å². The predicted octanol–water partition coefficient (Wildman–Crippen LogP) is 5.98. The topological polar surface area (TPSA) is 97.6 Å². The third kappa shape index (κ3) is 6.45. The van der Waals surface area contributed by atoms with Crippen molar-refractivity contribution in [2.45, 2.75) is 35.5 Å². The second-order valence-corrected chi connectivity index (χ2v) is 10.8. The number of nitro benzene ring substituents is 1. The van der Waals surface area contributed by atoms with Crippen LogP contribution in [-0.4, -0.2) is 36.5 Å². The largest absolute Gasteiger partial charge is 0.289 e. The van der Waals surface area contributed by atoms with E-state index < -0.39 is 14.9 Å². The molecule has 0 bridgehead atoms. The minimum atomic E-state index is -3.60. The van der Waals surface area contributed by atoms with Gasteiger partial charge in [0.25, 0.3) is 5.69 Å². The number of nitrogens with zero attached hydrogens (tertiary/aromatic N) is 2. The first-order valence-corrected chi connectivity index (χ1v) is 13.3. The van der Waals surface area contributed by atoms with Gasteiger partial charge in [-0.25, -0.2) is 8.42 Å². The number of carbonyl (C=O) groups is 1. The average Bonchev–Trinajstić information content (AvgIpc) is 2.85. The van der Waals surface area contributed by atoms with Gasteiger partial charge in [0, 0.05) is 29.6 Å². The number of sulfonamides is 1. The summed E-state index contributed by atoms with van der Waals surface area (Å²) in [4.78, 5) is 25.3. The molecule has 0 aliphatic carbocycles. The van der Waals surface area contributed by atoms with Crippen LogP contribution in [0.15, 0.2) is 87.5 Å². The summed E-state index contributed by atoms with van der Waals surface area (Å²) in [5.41, 5.74) is 1.89. The molecule has 0 heterocycles. The van der Waals surface area contributed by atoms with Crippen molar-refractivity contribution in [1.29, 1.82) is 0 Å². The Labute approximate surface area is 209 Å². The van der Waals surface area contributed by atoms with Gasteiger partial charge >= 0.3 is 0 Å². The number of carbonyl (C=O) groups excluding carboxylic acids is 1. The van der Waals surface area contributed by atoms with E-state index in [9.17, 15) is 23.3 Å². The second kappa shape index (κ2) is 11.4. The molecule has 0 fully saturated rings. The Hall–Kier alpha value is -3.27. The first-order chi connectivity index (χ1) is 16.6. The third-order valence-corrected chi connectivity index (χ3v) is 8.47. The maximum absolute atomic E-state index is 12.6. The molecule has 0 N–H and O–H groups in total. The molecular weight excluding hydrogens is 484 g/mol. The van der Waals surface area contributed by atoms with Crippen LogP contribution in [0.4, 0.5) is 5.69 Å². The van der Waals surface area contributed by atoms with Crippen LogP contribution in [0, 0.1) is 17.0 Å². The monoisotopic (exact) mass is 510 g/mol. The van der Waals surface area contributed by atoms with E-state index in [1.54, 1.807) is 26.0 Å². The Morgan fingerprint density at radius 1 is 1.00 bits per heavy atom. The predicted molar refractivity (Wildman–Crippen MR) is 138 cm³/mol. The maximum atomic E-state index is 12.6. The molecule has 0 aromatic heterocycles. The molecule has 3 aromatic carbocycles. The summed E-state index contributed by atoms with van der Waals surface area (Å²) in [6, 6.07) is 18.3. The molecule has 0 aliphatic heterocycles. The molecule has 182 valence electrons. The lowest BCUT2D eigenvalue weighted by atomic mass is 10.1. The second-order valence-electron chi connectivity index (χ2n) is 7.71. The van der Waals surface area contributed by atoms with Gasteiger partial charge in [0.05, 0.1) is 14.7 Å². The van der Waals surface area contributed by atoms with E-state index in [0.29, 0.717) is 29.1 Å². The molecule has 0 saturated heterocycles. The summed E-state index contributed by atoms with van der Waals surface area (Å²) in [7, 11) is -3.60. The van der Waals surface area contributed by atoms with Gasteiger partial charge < -0.3 is 0 Å². The molecule has 0 saturated carbocycles. The lowest BCUT2D eigenvalue weighted by molar-refractivity contribution is -0.387. The zero-order valence-corrected chi connectivity index (χ0v) is 21.3. The molecule has 9 heteroatoms. The minimum Gasteiger partial charge on any atom is -0.289 e. The van der Waals surface area contributed by atoms with Crippen molar-refractivity contribution in [3.8, 4) is 0 Å². The minimum absolute atomic E-state index is 0.0452. The van der Waals surface area contributed by atoms with Crippen LogP contribution < -0.4 is 0 Å². The molecule has 0 amide bonds. The first-order valence-electron chi connectivity index (χ1n) is 11.0. The number of hydrogen-bond donors (Lipinski definition) is 0. The average molecular weight is 511 g/mol. The third-order valence-electron chi connectivity index (χ3n) is 5.34. The van der Waals surface area contributed by atoms with Crippen LogP contribution in [0.25, 0.3) is 6.08 Å². The number of aryl methyl sites for hydroxylation is 1. The molecule has 35 heavy (non-hydrogen) atoms. The highest BCUT2D eigenvalue weighted by molar-refractivity contribution is 7.99. The van der Waals surface area contributed by atoms with Crippen LogP contribution in [0.3, 0.4) is 0 Å². The lowest BCUT2D eigenvalue weighted by Crippen LogP contribution is -2.30. The molecule has 0 atom stereocenters. The molecule has 0 radical (unpaired) electrons. The van der Waals surface area contributed by atoms with Gasteiger partial charge in [0.1, 0.15) is 0 Å². The van der Waals surface area contributed by atoms with Crippen molar-refractivity contribution in [2.24, 2.45) is 0 Å². The normalized spacial score (nSPS) is 11.8. The summed E-state index contributed by atoms with van der Waals surface area (Å²) < 4.78 is 26.5. The van der Waals surface area contributed by atoms with Crippen molar-refractivity contribution < 1.29 is 18.1 Å². The summed E-state index contributed by atoms with van der Waals surface area (Å²) in [5, 5.41) is 11.6. The molecular formula is C26H26N2O5S2. The van der Waals surface area contributed by atoms with E-state index in [0.717, 1.165) is 10.5 Å². The quantitative estimate of drug-likeness (QED) is 0.144. The Bertz CT molecular complexity index is 1350. The van der Waals surface area contributed by atoms with Gasteiger partial charge in [-0.2, -0.15) is 4.31 Å². The van der Waals surface area contributed by atoms with Crippen molar-refractivity contribution in [3.63, 3.8) is 0 Å². The Morgan fingerprint density at radius 2 is 1.63 bits per heavy atom. The van der Waals surface area contributed by atoms with Crippen molar-refractivity contribution in [2.75, 3.05) is 13.1 Å². The van der Waals surface area contributed by atoms with Gasteiger partial charge in [-0.3, -0.25) is 14.9 Å². The van der Waals surface area contributed by atoms with Crippen LogP contribution >= 0.6 is 11.8 Å². The van der Waals surface area contributed by atoms with E-state index in [1.165, 1.54) is 58.6 Å². The SMILES string of the molecule is CCN(CC)S(=O)(=O)c1ccc(C(=O)C=Cc2ccc(Sc3ccc(C)cc3)c([N+](=O)[O-])c2)cc1. The van der Waals surface area contributed by atoms with E-state index in [1.807, 2.05) is 31.2 Å². The fraction of sp³-hybridized carbons (Fsp3) is 0.192. The highest BCUT2D eigenvalue weighted by Gasteiger charge is 2.21. The molecule has 7 nitrogen and oxygen atoms in total. The highest BCUT2D eigenvalue weighted by Crippen LogP contribution is 2.35. The maximum Gasteiger partial charge on any atom is 0.283 e. The number of benzene rings is 3. The van der Waals surface area contributed by atoms with Gasteiger partial charge in [-0.05, 0) is 61.0 Å². The number of hydrogen-bond acceptors (Lipinski definition) is 6. The number of rotatable bonds is 10. The van der Waals surface area contributed by atoms with Gasteiger partial charge in [-0.15, -0.1) is 0 Å². The standard InChI is InChI=1S/C26H26N2O5S2/c1-4-27(5-2)35(32,33)23-14-10-21(11-15-23)25(29)16-8-20-9-17-26(24(18-20)28(30)31)34-22-12-6-19(3)7-13-22/h6-18H,4-5H2,1-3H3. The van der Waals surface area contributed by atoms with Crippen LogP contribution in [-0.2, 0) is 10.0 Å². The summed E-state index contributed by atoms with van der Waals surface area (Å²) in [5.74, 6) is -0.336. The van der Waals surface area contributed by atoms with Crippen molar-refractivity contribution in [1.82, 2.24) is 4.31 Å². The fourth-order valence-corrected chi connectivity index (χ4v) is 5.73. The van der Waals surface area contributed by atoms with E-state index in [2.05, 4.69) is 0 Å². The highest BCUT2D eigenvalue weighted by atomic mass is 32.2. The van der Waals surface area contributed by atoms with E-state index in [4.69, 9.17) is 0 Å². The Kier molecular flexibility index (Phi) is 8.61. The summed E-state index contributed by atoms with van der Waals surface area (Å²) in [6.07, 6.45) is 2.83. The van der Waals surface area contributed by atoms with Gasteiger partial charge in [-0.1, -0.05) is 55.4 Å². The van der Waals surface area contributed by atoms with E-state index >= 15 is 0 Å². The van der Waals surface area contributed by atoms with Gasteiger partial charge in [0.2, 0.25) is 10.0 Å². The molecule has 3 aromatic rings. The zero-order chi connectivity index (χ0) is 25.6. The Balaban J connectivity index is 1.78. The van der Waals surface area contributed by atoms with Crippen LogP contribution in [0.1, 0.15) is 35.3 Å².